The van der Waals surface area contributed by atoms with Gasteiger partial charge >= 0.3 is 5.97 Å². The molecule has 0 aliphatic carbocycles. The van der Waals surface area contributed by atoms with Gasteiger partial charge < -0.3 is 10.4 Å². The number of nitrogens with one attached hydrogen (secondary N) is 1. The molecule has 1 aromatic rings. The van der Waals surface area contributed by atoms with Crippen molar-refractivity contribution in [2.75, 3.05) is 12.0 Å². The lowest BCUT2D eigenvalue weighted by atomic mass is 10.1. The maximum absolute atomic E-state index is 12.0. The molecule has 0 saturated heterocycles. The first kappa shape index (κ1) is 17.3. The van der Waals surface area contributed by atoms with E-state index in [1.807, 2.05) is 6.26 Å². The van der Waals surface area contributed by atoms with Crippen LogP contribution >= 0.6 is 23.4 Å². The average Bonchev–Trinajstić information content (AvgIpc) is 2.42. The molecule has 1 atom stereocenters. The number of carbonyl (C=O) groups is 2. The summed E-state index contributed by atoms with van der Waals surface area (Å²) >= 11 is 7.11. The molecule has 7 nitrogen and oxygen atoms in total. The zero-order valence-electron chi connectivity index (χ0n) is 11.0. The van der Waals surface area contributed by atoms with E-state index in [-0.39, 0.29) is 17.0 Å². The fraction of sp³-hybridized carbons (Fsp3) is 0.333. The zero-order chi connectivity index (χ0) is 16.0. The lowest BCUT2D eigenvalue weighted by molar-refractivity contribution is -0.384. The number of amides is 1. The molecule has 0 spiro atoms. The van der Waals surface area contributed by atoms with E-state index in [2.05, 4.69) is 5.32 Å². The van der Waals surface area contributed by atoms with Crippen LogP contribution in [0.4, 0.5) is 5.69 Å². The van der Waals surface area contributed by atoms with Gasteiger partial charge in [-0.1, -0.05) is 11.6 Å². The van der Waals surface area contributed by atoms with Crippen molar-refractivity contribution in [1.29, 1.82) is 0 Å². The molecular weight excluding hydrogens is 320 g/mol. The topological polar surface area (TPSA) is 110 Å². The van der Waals surface area contributed by atoms with E-state index >= 15 is 0 Å². The molecule has 114 valence electrons. The van der Waals surface area contributed by atoms with Gasteiger partial charge in [0.1, 0.15) is 11.1 Å². The van der Waals surface area contributed by atoms with Gasteiger partial charge in [-0.15, -0.1) is 0 Å². The van der Waals surface area contributed by atoms with Gasteiger partial charge in [-0.3, -0.25) is 14.9 Å². The van der Waals surface area contributed by atoms with Crippen LogP contribution in [-0.2, 0) is 4.79 Å². The van der Waals surface area contributed by atoms with Gasteiger partial charge in [0, 0.05) is 11.6 Å². The van der Waals surface area contributed by atoms with E-state index in [1.54, 1.807) is 0 Å². The standard InChI is InChI=1S/C12H13ClN2O5S/c1-21-5-4-9(12(17)18)14-11(16)7-2-3-8(13)10(6-7)15(19)20/h2-3,6,9H,4-5H2,1H3,(H,14,16)(H,17,18)/t9-/m0/s1. The van der Waals surface area contributed by atoms with Crippen LogP contribution in [-0.4, -0.2) is 40.0 Å². The Bertz CT molecular complexity index is 567. The Kier molecular flexibility index (Phi) is 6.44. The van der Waals surface area contributed by atoms with Crippen LogP contribution in [0.1, 0.15) is 16.8 Å². The largest absolute Gasteiger partial charge is 0.480 e. The van der Waals surface area contributed by atoms with Crippen LogP contribution in [0.15, 0.2) is 18.2 Å². The van der Waals surface area contributed by atoms with Crippen molar-refractivity contribution in [1.82, 2.24) is 5.32 Å². The second-order valence-electron chi connectivity index (χ2n) is 4.07. The number of carboxylic acid groups (broad SMARTS) is 1. The Morgan fingerprint density at radius 2 is 2.19 bits per heavy atom. The molecule has 0 aliphatic heterocycles. The Labute approximate surface area is 129 Å². The van der Waals surface area contributed by atoms with Crippen LogP contribution in [0.2, 0.25) is 5.02 Å². The van der Waals surface area contributed by atoms with E-state index in [0.29, 0.717) is 5.75 Å². The first-order chi connectivity index (χ1) is 9.86. The minimum absolute atomic E-state index is 0.0125. The number of aliphatic carboxylic acids is 1. The molecule has 0 unspecified atom stereocenters. The maximum atomic E-state index is 12.0. The monoisotopic (exact) mass is 332 g/mol. The van der Waals surface area contributed by atoms with Gasteiger partial charge in [0.2, 0.25) is 0 Å². The molecule has 0 saturated carbocycles. The number of nitrogens with zero attached hydrogens (tertiary/aromatic N) is 1. The van der Waals surface area contributed by atoms with E-state index in [1.165, 1.54) is 23.9 Å². The Morgan fingerprint density at radius 3 is 2.71 bits per heavy atom. The SMILES string of the molecule is CSCC[C@H](NC(=O)c1ccc(Cl)c([N+](=O)[O-])c1)C(=O)O. The van der Waals surface area contributed by atoms with Gasteiger partial charge in [0.05, 0.1) is 4.92 Å². The third-order valence-corrected chi connectivity index (χ3v) is 3.58. The third kappa shape index (κ3) is 4.91. The molecule has 0 aliphatic rings. The molecule has 1 amide bonds. The van der Waals surface area contributed by atoms with Crippen molar-refractivity contribution in [2.45, 2.75) is 12.5 Å². The number of benzene rings is 1. The van der Waals surface area contributed by atoms with Crippen molar-refractivity contribution in [2.24, 2.45) is 0 Å². The molecule has 21 heavy (non-hydrogen) atoms. The second-order valence-corrected chi connectivity index (χ2v) is 5.46. The quantitative estimate of drug-likeness (QED) is 0.585. The number of carboxylic acids is 1. The fourth-order valence-corrected chi connectivity index (χ4v) is 2.19. The van der Waals surface area contributed by atoms with E-state index in [4.69, 9.17) is 16.7 Å². The predicted molar refractivity (Wildman–Crippen MR) is 80.0 cm³/mol. The summed E-state index contributed by atoms with van der Waals surface area (Å²) in [5.41, 5.74) is -0.415. The Morgan fingerprint density at radius 1 is 1.52 bits per heavy atom. The van der Waals surface area contributed by atoms with Crippen molar-refractivity contribution in [3.8, 4) is 0 Å². The van der Waals surface area contributed by atoms with Gasteiger partial charge in [-0.05, 0) is 30.6 Å². The Balaban J connectivity index is 2.90. The predicted octanol–water partition coefficient (Wildman–Crippen LogP) is 2.18. The van der Waals surface area contributed by atoms with Gasteiger partial charge in [-0.2, -0.15) is 11.8 Å². The van der Waals surface area contributed by atoms with Crippen LogP contribution in [0.5, 0.6) is 0 Å². The number of hydrogen-bond donors (Lipinski definition) is 2. The average molecular weight is 333 g/mol. The summed E-state index contributed by atoms with van der Waals surface area (Å²) in [5.74, 6) is -1.28. The van der Waals surface area contributed by atoms with Gasteiger partial charge in [-0.25, -0.2) is 4.79 Å². The fourth-order valence-electron chi connectivity index (χ4n) is 1.53. The lowest BCUT2D eigenvalue weighted by Crippen LogP contribution is -2.41. The van der Waals surface area contributed by atoms with E-state index < -0.39 is 28.5 Å². The summed E-state index contributed by atoms with van der Waals surface area (Å²) in [4.78, 5) is 33.1. The normalized spacial score (nSPS) is 11.7. The van der Waals surface area contributed by atoms with Crippen molar-refractivity contribution in [3.05, 3.63) is 38.9 Å². The highest BCUT2D eigenvalue weighted by molar-refractivity contribution is 7.98. The Hall–Kier alpha value is -1.80. The highest BCUT2D eigenvalue weighted by Gasteiger charge is 2.22. The van der Waals surface area contributed by atoms with E-state index in [0.717, 1.165) is 6.07 Å². The number of nitro benzene ring substituents is 1. The minimum atomic E-state index is -1.15. The molecule has 1 rings (SSSR count). The minimum Gasteiger partial charge on any atom is -0.480 e. The zero-order valence-corrected chi connectivity index (χ0v) is 12.6. The maximum Gasteiger partial charge on any atom is 0.326 e. The number of rotatable bonds is 7. The summed E-state index contributed by atoms with van der Waals surface area (Å²) in [6, 6.07) is 2.51. The van der Waals surface area contributed by atoms with Gasteiger partial charge in [0.15, 0.2) is 0 Å². The summed E-state index contributed by atoms with van der Waals surface area (Å²) in [6.45, 7) is 0. The van der Waals surface area contributed by atoms with Crippen molar-refractivity contribution >= 4 is 40.9 Å². The number of thioether (sulfide) groups is 1. The third-order valence-electron chi connectivity index (χ3n) is 2.62. The van der Waals surface area contributed by atoms with Crippen LogP contribution in [0, 0.1) is 10.1 Å². The molecule has 0 fully saturated rings. The van der Waals surface area contributed by atoms with Gasteiger partial charge in [0.25, 0.3) is 11.6 Å². The van der Waals surface area contributed by atoms with Crippen LogP contribution in [0.25, 0.3) is 0 Å². The van der Waals surface area contributed by atoms with Crippen LogP contribution < -0.4 is 5.32 Å². The lowest BCUT2D eigenvalue weighted by Gasteiger charge is -2.13. The van der Waals surface area contributed by atoms with Crippen LogP contribution in [0.3, 0.4) is 0 Å². The highest BCUT2D eigenvalue weighted by atomic mass is 35.5. The molecule has 1 aromatic carbocycles. The number of carbonyl (C=O) groups excluding carboxylic acids is 1. The molecular formula is C12H13ClN2O5S. The number of halogens is 1. The first-order valence-corrected chi connectivity index (χ1v) is 7.60. The first-order valence-electron chi connectivity index (χ1n) is 5.83. The number of nitro groups is 1. The van der Waals surface area contributed by atoms with Crippen molar-refractivity contribution in [3.63, 3.8) is 0 Å². The number of hydrogen-bond acceptors (Lipinski definition) is 5. The molecule has 0 aromatic heterocycles. The molecule has 0 radical (unpaired) electrons. The molecule has 0 bridgehead atoms. The smallest absolute Gasteiger partial charge is 0.326 e. The summed E-state index contributed by atoms with van der Waals surface area (Å²) < 4.78 is 0. The highest BCUT2D eigenvalue weighted by Crippen LogP contribution is 2.25. The molecule has 0 heterocycles. The second kappa shape index (κ2) is 7.84. The molecule has 2 N–H and O–H groups in total. The van der Waals surface area contributed by atoms with Crippen molar-refractivity contribution < 1.29 is 19.6 Å². The molecule has 9 heteroatoms. The summed E-state index contributed by atoms with van der Waals surface area (Å²) in [6.07, 6.45) is 2.08. The summed E-state index contributed by atoms with van der Waals surface area (Å²) in [7, 11) is 0. The van der Waals surface area contributed by atoms with E-state index in [9.17, 15) is 19.7 Å². The summed E-state index contributed by atoms with van der Waals surface area (Å²) in [5, 5.41) is 22.0.